The van der Waals surface area contributed by atoms with Gasteiger partial charge >= 0.3 is 0 Å². The van der Waals surface area contributed by atoms with Gasteiger partial charge in [0.15, 0.2) is 0 Å². The van der Waals surface area contributed by atoms with Gasteiger partial charge in [0.1, 0.15) is 5.82 Å². The average Bonchev–Trinajstić information content (AvgIpc) is 2.58. The Hall–Kier alpha value is -0.770. The Balaban J connectivity index is 1.85. The molecule has 1 aromatic rings. The minimum atomic E-state index is -3.71. The van der Waals surface area contributed by atoms with Crippen molar-refractivity contribution >= 4 is 21.8 Å². The van der Waals surface area contributed by atoms with Crippen LogP contribution in [0.2, 0.25) is 5.02 Å². The summed E-state index contributed by atoms with van der Waals surface area (Å²) < 4.78 is 42.4. The van der Waals surface area contributed by atoms with Crippen LogP contribution in [0.15, 0.2) is 18.2 Å². The first-order valence-corrected chi connectivity index (χ1v) is 10.6. The molecule has 2 rings (SSSR count). The van der Waals surface area contributed by atoms with Crippen LogP contribution >= 0.6 is 11.6 Å². The van der Waals surface area contributed by atoms with E-state index in [1.165, 1.54) is 19.2 Å². The molecule has 1 aliphatic heterocycles. The summed E-state index contributed by atoms with van der Waals surface area (Å²) in [5, 5.41) is 0.218. The summed E-state index contributed by atoms with van der Waals surface area (Å²) in [6, 6.07) is 4.31. The van der Waals surface area contributed by atoms with Gasteiger partial charge in [-0.2, -0.15) is 12.7 Å². The van der Waals surface area contributed by atoms with E-state index in [0.717, 1.165) is 37.0 Å². The third kappa shape index (κ3) is 6.14. The lowest BCUT2D eigenvalue weighted by Crippen LogP contribution is -2.47. The summed E-state index contributed by atoms with van der Waals surface area (Å²) in [6.45, 7) is 7.15. The van der Waals surface area contributed by atoms with E-state index in [0.29, 0.717) is 6.54 Å². The number of hydrogen-bond donors (Lipinski definition) is 1. The molecular formula is C17H28ClFN4O2S. The van der Waals surface area contributed by atoms with Crippen LogP contribution in [0.1, 0.15) is 12.5 Å². The molecule has 1 unspecified atom stereocenters. The minimum Gasteiger partial charge on any atom is -0.304 e. The Bertz CT molecular complexity index is 676. The van der Waals surface area contributed by atoms with E-state index >= 15 is 0 Å². The molecule has 148 valence electrons. The third-order valence-corrected chi connectivity index (χ3v) is 6.47. The summed E-state index contributed by atoms with van der Waals surface area (Å²) in [4.78, 5) is 4.63. The van der Waals surface area contributed by atoms with Crippen molar-refractivity contribution in [3.8, 4) is 0 Å². The first kappa shape index (κ1) is 21.5. The van der Waals surface area contributed by atoms with E-state index in [9.17, 15) is 12.8 Å². The molecule has 1 fully saturated rings. The molecule has 1 N–H and O–H groups in total. The fourth-order valence-electron chi connectivity index (χ4n) is 2.88. The summed E-state index contributed by atoms with van der Waals surface area (Å²) in [5.41, 5.74) is 0.174. The number of likely N-dealkylation sites (N-methyl/N-ethyl adjacent to an activating group) is 1. The molecule has 26 heavy (non-hydrogen) atoms. The maximum atomic E-state index is 13.9. The molecule has 9 heteroatoms. The van der Waals surface area contributed by atoms with Crippen LogP contribution in [0.5, 0.6) is 0 Å². The Labute approximate surface area is 161 Å². The van der Waals surface area contributed by atoms with Gasteiger partial charge in [0.05, 0.1) is 0 Å². The lowest BCUT2D eigenvalue weighted by Gasteiger charge is -2.34. The van der Waals surface area contributed by atoms with E-state index in [4.69, 9.17) is 11.6 Å². The zero-order valence-electron chi connectivity index (χ0n) is 15.6. The fraction of sp³-hybridized carbons (Fsp3) is 0.647. The van der Waals surface area contributed by atoms with E-state index in [1.807, 2.05) is 6.92 Å². The van der Waals surface area contributed by atoms with Gasteiger partial charge in [0.25, 0.3) is 10.2 Å². The number of piperazine rings is 1. The van der Waals surface area contributed by atoms with Gasteiger partial charge < -0.3 is 9.80 Å². The molecule has 1 aliphatic rings. The predicted molar refractivity (Wildman–Crippen MR) is 103 cm³/mol. The van der Waals surface area contributed by atoms with Crippen molar-refractivity contribution in [3.63, 3.8) is 0 Å². The second-order valence-corrected chi connectivity index (χ2v) is 9.29. The van der Waals surface area contributed by atoms with Gasteiger partial charge in [-0.05, 0) is 25.1 Å². The molecule has 1 saturated heterocycles. The predicted octanol–water partition coefficient (Wildman–Crippen LogP) is 1.63. The largest absolute Gasteiger partial charge is 0.304 e. The number of nitrogens with zero attached hydrogens (tertiary/aromatic N) is 3. The summed E-state index contributed by atoms with van der Waals surface area (Å²) in [7, 11) is -0.189. The molecule has 1 heterocycles. The van der Waals surface area contributed by atoms with E-state index in [-0.39, 0.29) is 23.0 Å². The van der Waals surface area contributed by atoms with Gasteiger partial charge in [-0.25, -0.2) is 9.11 Å². The monoisotopic (exact) mass is 406 g/mol. The Morgan fingerprint density at radius 2 is 1.96 bits per heavy atom. The minimum absolute atomic E-state index is 0.117. The maximum absolute atomic E-state index is 13.9. The molecule has 1 atom stereocenters. The summed E-state index contributed by atoms with van der Waals surface area (Å²) in [5.74, 6) is -0.332. The lowest BCUT2D eigenvalue weighted by atomic mass is 10.1. The van der Waals surface area contributed by atoms with E-state index < -0.39 is 16.0 Å². The molecule has 1 aromatic carbocycles. The standard InChI is InChI=1S/C17H28ClFN4O2S/c1-14(12-23-9-7-21(2)8-10-23)11-20-26(24,25)22(3)13-15-16(18)5-4-6-17(15)19/h4-6,14,20H,7-13H2,1-3H3. The first-order valence-electron chi connectivity index (χ1n) is 8.73. The van der Waals surface area contributed by atoms with Crippen molar-refractivity contribution in [2.75, 3.05) is 53.4 Å². The molecule has 0 aliphatic carbocycles. The average molecular weight is 407 g/mol. The maximum Gasteiger partial charge on any atom is 0.279 e. The normalized spacial score (nSPS) is 18.4. The highest BCUT2D eigenvalue weighted by Crippen LogP contribution is 2.21. The van der Waals surface area contributed by atoms with Crippen molar-refractivity contribution in [1.82, 2.24) is 18.8 Å². The van der Waals surface area contributed by atoms with E-state index in [2.05, 4.69) is 21.6 Å². The van der Waals surface area contributed by atoms with Crippen LogP contribution in [0.4, 0.5) is 4.39 Å². The summed E-state index contributed by atoms with van der Waals surface area (Å²) in [6.07, 6.45) is 0. The zero-order valence-corrected chi connectivity index (χ0v) is 17.2. The van der Waals surface area contributed by atoms with Crippen LogP contribution in [0.25, 0.3) is 0 Å². The molecule has 0 radical (unpaired) electrons. The van der Waals surface area contributed by atoms with Crippen LogP contribution in [-0.4, -0.2) is 75.9 Å². The highest BCUT2D eigenvalue weighted by atomic mass is 35.5. The van der Waals surface area contributed by atoms with Crippen LogP contribution in [0.3, 0.4) is 0 Å². The van der Waals surface area contributed by atoms with Crippen LogP contribution in [0, 0.1) is 11.7 Å². The number of hydrogen-bond acceptors (Lipinski definition) is 4. The summed E-state index contributed by atoms with van der Waals surface area (Å²) >= 11 is 5.98. The zero-order chi connectivity index (χ0) is 19.3. The van der Waals surface area contributed by atoms with Crippen molar-refractivity contribution < 1.29 is 12.8 Å². The second kappa shape index (κ2) is 9.43. The van der Waals surface area contributed by atoms with E-state index in [1.54, 1.807) is 6.07 Å². The highest BCUT2D eigenvalue weighted by Gasteiger charge is 2.22. The Kier molecular flexibility index (Phi) is 7.81. The van der Waals surface area contributed by atoms with Gasteiger partial charge in [-0.15, -0.1) is 0 Å². The number of halogens is 2. The van der Waals surface area contributed by atoms with Crippen molar-refractivity contribution in [3.05, 3.63) is 34.6 Å². The van der Waals surface area contributed by atoms with Crippen LogP contribution in [-0.2, 0) is 16.8 Å². The van der Waals surface area contributed by atoms with Crippen molar-refractivity contribution in [2.45, 2.75) is 13.5 Å². The number of benzene rings is 1. The van der Waals surface area contributed by atoms with Gasteiger partial charge in [-0.1, -0.05) is 24.6 Å². The molecule has 6 nitrogen and oxygen atoms in total. The van der Waals surface area contributed by atoms with Crippen LogP contribution < -0.4 is 4.72 Å². The molecule has 0 spiro atoms. The molecule has 0 aromatic heterocycles. The molecule has 0 bridgehead atoms. The second-order valence-electron chi connectivity index (χ2n) is 7.02. The van der Waals surface area contributed by atoms with Gasteiger partial charge in [-0.3, -0.25) is 0 Å². The van der Waals surface area contributed by atoms with Gasteiger partial charge in [0, 0.05) is 63.4 Å². The Morgan fingerprint density at radius 1 is 1.31 bits per heavy atom. The molecule has 0 saturated carbocycles. The molecule has 0 amide bonds. The number of rotatable bonds is 8. The first-order chi connectivity index (χ1) is 12.2. The van der Waals surface area contributed by atoms with Crippen molar-refractivity contribution in [1.29, 1.82) is 0 Å². The smallest absolute Gasteiger partial charge is 0.279 e. The third-order valence-electron chi connectivity index (χ3n) is 4.63. The lowest BCUT2D eigenvalue weighted by molar-refractivity contribution is 0.139. The Morgan fingerprint density at radius 3 is 2.58 bits per heavy atom. The molecular weight excluding hydrogens is 379 g/mol. The topological polar surface area (TPSA) is 55.9 Å². The van der Waals surface area contributed by atoms with Crippen molar-refractivity contribution in [2.24, 2.45) is 5.92 Å². The SMILES string of the molecule is CC(CNS(=O)(=O)N(C)Cc1c(F)cccc1Cl)CN1CCN(C)CC1. The highest BCUT2D eigenvalue weighted by molar-refractivity contribution is 7.87. The quantitative estimate of drug-likeness (QED) is 0.713. The van der Waals surface area contributed by atoms with Gasteiger partial charge in [0.2, 0.25) is 0 Å². The fourth-order valence-corrected chi connectivity index (χ4v) is 4.12. The number of nitrogens with one attached hydrogen (secondary N) is 1.